The van der Waals surface area contributed by atoms with Crippen LogP contribution in [0.4, 0.5) is 0 Å². The van der Waals surface area contributed by atoms with Gasteiger partial charge in [0, 0.05) is 19.6 Å². The average Bonchev–Trinajstić information content (AvgIpc) is 2.48. The van der Waals surface area contributed by atoms with Gasteiger partial charge in [0.05, 0.1) is 13.6 Å². The Labute approximate surface area is 142 Å². The van der Waals surface area contributed by atoms with Gasteiger partial charge in [-0.05, 0) is 31.6 Å². The van der Waals surface area contributed by atoms with Crippen molar-refractivity contribution in [1.29, 1.82) is 0 Å². The molecule has 0 aromatic carbocycles. The van der Waals surface area contributed by atoms with Gasteiger partial charge in [-0.3, -0.25) is 4.79 Å². The molecule has 1 saturated carbocycles. The Morgan fingerprint density at radius 1 is 1.26 bits per heavy atom. The summed E-state index contributed by atoms with van der Waals surface area (Å²) in [6, 6.07) is -0.407. The molecule has 1 aliphatic heterocycles. The maximum atomic E-state index is 13.1. The number of carbonyl (C=O) groups excluding carboxylic acids is 1. The number of rotatable bonds is 4. The third-order valence-corrected chi connectivity index (χ3v) is 7.42. The summed E-state index contributed by atoms with van der Waals surface area (Å²) >= 11 is 0. The zero-order valence-electron chi connectivity index (χ0n) is 14.8. The van der Waals surface area contributed by atoms with Crippen LogP contribution in [0, 0.1) is 5.41 Å². The molecule has 1 heterocycles. The molecule has 2 fully saturated rings. The minimum Gasteiger partial charge on any atom is -0.338 e. The SMILES string of the molecule is [B]C1CCC(N2CCC(C)(C)C(N(C)S(=O)(=O)CC)C2=O)CC1. The van der Waals surface area contributed by atoms with Crippen LogP contribution in [0.25, 0.3) is 0 Å². The Bertz CT molecular complexity index is 542. The number of piperidine rings is 1. The van der Waals surface area contributed by atoms with Crippen LogP contribution >= 0.6 is 0 Å². The summed E-state index contributed by atoms with van der Waals surface area (Å²) in [7, 11) is 4.11. The molecule has 1 amide bonds. The number of nitrogens with zero attached hydrogens (tertiary/aromatic N) is 2. The molecule has 130 valence electrons. The Hall–Kier alpha value is -0.555. The van der Waals surface area contributed by atoms with Crippen LogP contribution in [0.15, 0.2) is 0 Å². The lowest BCUT2D eigenvalue weighted by Gasteiger charge is -2.49. The van der Waals surface area contributed by atoms with Crippen LogP contribution < -0.4 is 0 Å². The van der Waals surface area contributed by atoms with Crippen molar-refractivity contribution >= 4 is 23.8 Å². The van der Waals surface area contributed by atoms with E-state index in [1.54, 1.807) is 14.0 Å². The van der Waals surface area contributed by atoms with E-state index in [1.165, 1.54) is 4.31 Å². The second kappa shape index (κ2) is 6.75. The number of carbonyl (C=O) groups is 1. The summed E-state index contributed by atoms with van der Waals surface area (Å²) in [6.45, 7) is 6.31. The second-order valence-corrected chi connectivity index (χ2v) is 9.98. The van der Waals surface area contributed by atoms with E-state index < -0.39 is 16.1 Å². The molecule has 5 nitrogen and oxygen atoms in total. The molecule has 0 aromatic heterocycles. The Balaban J connectivity index is 2.23. The standard InChI is InChI=1S/C16H29BN2O3S/c1-5-23(21,22)18(4)14-15(20)19(11-10-16(14,2)3)13-8-6-12(17)7-9-13/h12-14H,5-11H2,1-4H3. The smallest absolute Gasteiger partial charge is 0.241 e. The van der Waals surface area contributed by atoms with Crippen LogP contribution in [0.2, 0.25) is 5.82 Å². The topological polar surface area (TPSA) is 57.7 Å². The number of sulfonamides is 1. The van der Waals surface area contributed by atoms with E-state index >= 15 is 0 Å². The van der Waals surface area contributed by atoms with Gasteiger partial charge in [-0.15, -0.1) is 0 Å². The van der Waals surface area contributed by atoms with Gasteiger partial charge in [-0.25, -0.2) is 8.42 Å². The van der Waals surface area contributed by atoms with Crippen molar-refractivity contribution in [1.82, 2.24) is 9.21 Å². The van der Waals surface area contributed by atoms with E-state index in [0.29, 0.717) is 6.54 Å². The summed E-state index contributed by atoms with van der Waals surface area (Å²) in [6.07, 6.45) is 4.53. The van der Waals surface area contributed by atoms with Gasteiger partial charge in [0.1, 0.15) is 6.04 Å². The summed E-state index contributed by atoms with van der Waals surface area (Å²) in [5, 5.41) is 0. The summed E-state index contributed by atoms with van der Waals surface area (Å²) in [5.74, 6) is 0.213. The summed E-state index contributed by atoms with van der Waals surface area (Å²) < 4.78 is 25.9. The van der Waals surface area contributed by atoms with Gasteiger partial charge in [0.2, 0.25) is 15.9 Å². The molecular formula is C16H29BN2O3S. The van der Waals surface area contributed by atoms with Crippen LogP contribution in [0.5, 0.6) is 0 Å². The molecular weight excluding hydrogens is 311 g/mol. The fourth-order valence-corrected chi connectivity index (χ4v) is 5.04. The largest absolute Gasteiger partial charge is 0.338 e. The van der Waals surface area contributed by atoms with Gasteiger partial charge in [0.15, 0.2) is 0 Å². The van der Waals surface area contributed by atoms with Crippen molar-refractivity contribution in [2.24, 2.45) is 5.41 Å². The van der Waals surface area contributed by atoms with Gasteiger partial charge >= 0.3 is 0 Å². The molecule has 1 aliphatic carbocycles. The molecule has 23 heavy (non-hydrogen) atoms. The lowest BCUT2D eigenvalue weighted by molar-refractivity contribution is -0.147. The Morgan fingerprint density at radius 3 is 2.35 bits per heavy atom. The van der Waals surface area contributed by atoms with Crippen LogP contribution in [0.1, 0.15) is 52.9 Å². The van der Waals surface area contributed by atoms with E-state index in [9.17, 15) is 13.2 Å². The van der Waals surface area contributed by atoms with Crippen LogP contribution in [-0.4, -0.2) is 62.8 Å². The first-order chi connectivity index (χ1) is 10.6. The highest BCUT2D eigenvalue weighted by Crippen LogP contribution is 2.39. The second-order valence-electron chi connectivity index (χ2n) is 7.66. The maximum Gasteiger partial charge on any atom is 0.241 e. The molecule has 7 heteroatoms. The number of hydrogen-bond acceptors (Lipinski definition) is 3. The molecule has 2 rings (SSSR count). The molecule has 2 radical (unpaired) electrons. The predicted octanol–water partition coefficient (Wildman–Crippen LogP) is 1.79. The lowest BCUT2D eigenvalue weighted by atomic mass is 9.72. The van der Waals surface area contributed by atoms with Gasteiger partial charge in [-0.1, -0.05) is 32.5 Å². The predicted molar refractivity (Wildman–Crippen MR) is 92.9 cm³/mol. The molecule has 0 N–H and O–H groups in total. The normalized spacial score (nSPS) is 32.3. The summed E-state index contributed by atoms with van der Waals surface area (Å²) in [5.41, 5.74) is -0.352. The lowest BCUT2D eigenvalue weighted by Crippen LogP contribution is -2.62. The number of likely N-dealkylation sites (N-methyl/N-ethyl adjacent to an activating group) is 1. The van der Waals surface area contributed by atoms with Crippen LogP contribution in [-0.2, 0) is 14.8 Å². The van der Waals surface area contributed by atoms with Crippen LogP contribution in [0.3, 0.4) is 0 Å². The van der Waals surface area contributed by atoms with E-state index in [4.69, 9.17) is 7.85 Å². The van der Waals surface area contributed by atoms with Crippen molar-refractivity contribution in [3.05, 3.63) is 0 Å². The van der Waals surface area contributed by atoms with E-state index in [0.717, 1.165) is 32.1 Å². The van der Waals surface area contributed by atoms with Crippen molar-refractivity contribution < 1.29 is 13.2 Å². The highest BCUT2D eigenvalue weighted by Gasteiger charge is 2.48. The molecule has 0 bridgehead atoms. The van der Waals surface area contributed by atoms with Crippen molar-refractivity contribution in [3.63, 3.8) is 0 Å². The first-order valence-corrected chi connectivity index (χ1v) is 10.2. The van der Waals surface area contributed by atoms with E-state index in [2.05, 4.69) is 0 Å². The van der Waals surface area contributed by atoms with Gasteiger partial charge in [0.25, 0.3) is 0 Å². The molecule has 1 unspecified atom stereocenters. The minimum absolute atomic E-state index is 0.0155. The number of hydrogen-bond donors (Lipinski definition) is 0. The zero-order chi connectivity index (χ0) is 17.4. The fourth-order valence-electron chi connectivity index (χ4n) is 3.93. The summed E-state index contributed by atoms with van der Waals surface area (Å²) in [4.78, 5) is 15.0. The van der Waals surface area contributed by atoms with Crippen molar-refractivity contribution in [2.75, 3.05) is 19.3 Å². The minimum atomic E-state index is -3.40. The van der Waals surface area contributed by atoms with Crippen molar-refractivity contribution in [3.8, 4) is 0 Å². The molecule has 1 atom stereocenters. The van der Waals surface area contributed by atoms with Gasteiger partial charge in [-0.2, -0.15) is 4.31 Å². The highest BCUT2D eigenvalue weighted by molar-refractivity contribution is 7.89. The first kappa shape index (κ1) is 18.8. The Morgan fingerprint density at radius 2 is 1.83 bits per heavy atom. The van der Waals surface area contributed by atoms with Crippen molar-refractivity contribution in [2.45, 2.75) is 70.8 Å². The number of amides is 1. The van der Waals surface area contributed by atoms with E-state index in [1.807, 2.05) is 18.7 Å². The average molecular weight is 340 g/mol. The fraction of sp³-hybridized carbons (Fsp3) is 0.938. The zero-order valence-corrected chi connectivity index (χ0v) is 15.6. The molecule has 0 spiro atoms. The quantitative estimate of drug-likeness (QED) is 0.733. The number of likely N-dealkylation sites (tertiary alicyclic amines) is 1. The third kappa shape index (κ3) is 3.76. The molecule has 2 aliphatic rings. The molecule has 0 aromatic rings. The van der Waals surface area contributed by atoms with Gasteiger partial charge < -0.3 is 4.90 Å². The van der Waals surface area contributed by atoms with E-state index in [-0.39, 0.29) is 28.9 Å². The maximum absolute atomic E-state index is 13.1. The highest BCUT2D eigenvalue weighted by atomic mass is 32.2. The third-order valence-electron chi connectivity index (χ3n) is 5.60. The monoisotopic (exact) mass is 340 g/mol. The first-order valence-electron chi connectivity index (χ1n) is 8.62. The molecule has 1 saturated heterocycles. The Kier molecular flexibility index (Phi) is 5.51.